The number of amides is 1. The molecule has 12 unspecified atom stereocenters. The van der Waals surface area contributed by atoms with Gasteiger partial charge < -0.3 is 65.1 Å². The van der Waals surface area contributed by atoms with Crippen molar-refractivity contribution in [2.24, 2.45) is 0 Å². The van der Waals surface area contributed by atoms with E-state index in [-0.39, 0.29) is 12.5 Å². The Balaban J connectivity index is 1.57. The van der Waals surface area contributed by atoms with Crippen LogP contribution < -0.4 is 5.32 Å². The molecule has 0 aliphatic carbocycles. The van der Waals surface area contributed by atoms with Crippen LogP contribution in [0.3, 0.4) is 0 Å². The second kappa shape index (κ2) is 60.6. The van der Waals surface area contributed by atoms with Crippen molar-refractivity contribution in [3.05, 3.63) is 0 Å². The highest BCUT2D eigenvalue weighted by Gasteiger charge is 2.51. The standard InChI is InChI=1S/C75H147NO13/c1-3-5-7-9-11-13-15-17-19-21-23-24-25-26-27-28-29-30-31-32-33-34-35-36-37-38-39-41-43-45-47-49-51-53-55-57-59-67(80)76-63(64(79)58-56-54-52-50-48-46-44-42-40-22-20-18-16-14-12-10-8-6-4-2)62-86-74-72(85)70(83)73(66(61-78)88-74)89-75-71(84)69(82)68(81)65(60-77)87-75/h63-66,68-75,77-79,81-85H,3-62H2,1-2H3,(H,76,80). The van der Waals surface area contributed by atoms with E-state index >= 15 is 0 Å². The van der Waals surface area contributed by atoms with Gasteiger partial charge in [0.05, 0.1) is 32.0 Å². The van der Waals surface area contributed by atoms with Gasteiger partial charge in [-0.2, -0.15) is 0 Å². The Labute approximate surface area is 546 Å². The summed E-state index contributed by atoms with van der Waals surface area (Å²) < 4.78 is 23.0. The summed E-state index contributed by atoms with van der Waals surface area (Å²) in [7, 11) is 0. The third-order valence-corrected chi connectivity index (χ3v) is 19.6. The molecule has 2 aliphatic heterocycles. The Morgan fingerprint density at radius 3 is 0.955 bits per heavy atom. The number of carbonyl (C=O) groups excluding carboxylic acids is 1. The van der Waals surface area contributed by atoms with Crippen LogP contribution in [0.1, 0.15) is 380 Å². The monoisotopic (exact) mass is 1270 g/mol. The zero-order valence-electron chi connectivity index (χ0n) is 58.0. The van der Waals surface area contributed by atoms with Crippen LogP contribution in [0.2, 0.25) is 0 Å². The minimum Gasteiger partial charge on any atom is -0.394 e. The van der Waals surface area contributed by atoms with Gasteiger partial charge in [0, 0.05) is 6.42 Å². The predicted octanol–water partition coefficient (Wildman–Crippen LogP) is 16.7. The van der Waals surface area contributed by atoms with Gasteiger partial charge in [-0.3, -0.25) is 4.79 Å². The minimum atomic E-state index is -1.78. The van der Waals surface area contributed by atoms with E-state index in [1.807, 2.05) is 0 Å². The van der Waals surface area contributed by atoms with Crippen LogP contribution in [-0.4, -0.2) is 140 Å². The highest BCUT2D eigenvalue weighted by molar-refractivity contribution is 5.76. The van der Waals surface area contributed by atoms with Crippen molar-refractivity contribution in [3.63, 3.8) is 0 Å². The van der Waals surface area contributed by atoms with Gasteiger partial charge in [0.25, 0.3) is 0 Å². The summed E-state index contributed by atoms with van der Waals surface area (Å²) in [6, 6.07) is -0.824. The molecule has 0 saturated carbocycles. The van der Waals surface area contributed by atoms with Crippen LogP contribution in [-0.2, 0) is 23.7 Å². The molecule has 1 amide bonds. The quantitative estimate of drug-likeness (QED) is 0.0259. The zero-order chi connectivity index (χ0) is 64.5. The van der Waals surface area contributed by atoms with E-state index in [1.54, 1.807) is 0 Å². The molecule has 0 spiro atoms. The summed E-state index contributed by atoms with van der Waals surface area (Å²) in [6.45, 7) is 2.93. The molecule has 2 aliphatic rings. The van der Waals surface area contributed by atoms with Gasteiger partial charge >= 0.3 is 0 Å². The van der Waals surface area contributed by atoms with Crippen LogP contribution in [0.25, 0.3) is 0 Å². The molecule has 0 aromatic rings. The SMILES string of the molecule is CCCCCCCCCCCCCCCCCCCCCCCCCCCCCCCCCCCCCCC(=O)NC(COC1OC(CO)C(OC2OC(CO)C(O)C(O)C2O)C(O)C1O)C(O)CCCCCCCCCCCCCCCCCCCCC. The highest BCUT2D eigenvalue weighted by Crippen LogP contribution is 2.30. The van der Waals surface area contributed by atoms with Crippen molar-refractivity contribution in [1.82, 2.24) is 5.32 Å². The number of hydrogen-bond acceptors (Lipinski definition) is 13. The van der Waals surface area contributed by atoms with Crippen LogP contribution in [0.4, 0.5) is 0 Å². The normalized spacial score (nSPS) is 22.9. The van der Waals surface area contributed by atoms with Gasteiger partial charge in [-0.15, -0.1) is 0 Å². The molecule has 9 N–H and O–H groups in total. The highest BCUT2D eigenvalue weighted by atomic mass is 16.7. The number of ether oxygens (including phenoxy) is 4. The van der Waals surface area contributed by atoms with Crippen molar-refractivity contribution < 1.29 is 64.6 Å². The number of hydrogen-bond donors (Lipinski definition) is 9. The fourth-order valence-corrected chi connectivity index (χ4v) is 13.4. The number of rotatable bonds is 66. The molecule has 2 fully saturated rings. The minimum absolute atomic E-state index is 0.196. The van der Waals surface area contributed by atoms with Crippen LogP contribution in [0.15, 0.2) is 0 Å². The predicted molar refractivity (Wildman–Crippen MR) is 365 cm³/mol. The summed E-state index contributed by atoms with van der Waals surface area (Å²) in [6.07, 6.45) is 57.2. The van der Waals surface area contributed by atoms with Gasteiger partial charge in [-0.25, -0.2) is 0 Å². The lowest BCUT2D eigenvalue weighted by molar-refractivity contribution is -0.359. The summed E-state index contributed by atoms with van der Waals surface area (Å²) in [5, 5.41) is 87.7. The Morgan fingerprint density at radius 1 is 0.360 bits per heavy atom. The van der Waals surface area contributed by atoms with Crippen molar-refractivity contribution in [2.45, 2.75) is 453 Å². The first kappa shape index (κ1) is 84.1. The molecule has 0 aromatic heterocycles. The molecule has 0 aromatic carbocycles. The van der Waals surface area contributed by atoms with Crippen molar-refractivity contribution in [2.75, 3.05) is 19.8 Å². The molecule has 0 radical (unpaired) electrons. The molecule has 0 bridgehead atoms. The smallest absolute Gasteiger partial charge is 0.220 e. The zero-order valence-corrected chi connectivity index (χ0v) is 58.0. The van der Waals surface area contributed by atoms with E-state index in [4.69, 9.17) is 18.9 Å². The third kappa shape index (κ3) is 44.4. The number of carbonyl (C=O) groups is 1. The van der Waals surface area contributed by atoms with E-state index in [9.17, 15) is 45.6 Å². The average Bonchev–Trinajstić information content (AvgIpc) is 2.82. The van der Waals surface area contributed by atoms with Crippen LogP contribution >= 0.6 is 0 Å². The second-order valence-corrected chi connectivity index (χ2v) is 27.9. The van der Waals surface area contributed by atoms with E-state index in [0.29, 0.717) is 12.8 Å². The first-order valence-electron chi connectivity index (χ1n) is 38.8. The summed E-state index contributed by atoms with van der Waals surface area (Å²) in [5.41, 5.74) is 0. The van der Waals surface area contributed by atoms with Crippen LogP contribution in [0.5, 0.6) is 0 Å². The molecule has 14 heteroatoms. The van der Waals surface area contributed by atoms with E-state index in [2.05, 4.69) is 19.2 Å². The summed E-state index contributed by atoms with van der Waals surface area (Å²) in [4.78, 5) is 13.4. The number of aliphatic hydroxyl groups is 8. The molecule has 2 rings (SSSR count). The van der Waals surface area contributed by atoms with Gasteiger partial charge in [0.15, 0.2) is 12.6 Å². The Kier molecular flexibility index (Phi) is 57.3. The lowest BCUT2D eigenvalue weighted by Gasteiger charge is -2.46. The van der Waals surface area contributed by atoms with Crippen molar-refractivity contribution >= 4 is 5.91 Å². The topological polar surface area (TPSA) is 228 Å². The van der Waals surface area contributed by atoms with Gasteiger partial charge in [-0.05, 0) is 12.8 Å². The average molecular weight is 1270 g/mol. The van der Waals surface area contributed by atoms with Gasteiger partial charge in [-0.1, -0.05) is 361 Å². The first-order valence-corrected chi connectivity index (χ1v) is 38.8. The Hall–Kier alpha value is -1.01. The maximum Gasteiger partial charge on any atom is 0.220 e. The van der Waals surface area contributed by atoms with Crippen LogP contribution in [0, 0.1) is 0 Å². The molecule has 2 heterocycles. The fourth-order valence-electron chi connectivity index (χ4n) is 13.4. The molecular formula is C75H147NO13. The molecule has 530 valence electrons. The maximum absolute atomic E-state index is 13.4. The number of nitrogens with one attached hydrogen (secondary N) is 1. The molecule has 2 saturated heterocycles. The first-order chi connectivity index (χ1) is 43.6. The second-order valence-electron chi connectivity index (χ2n) is 27.9. The molecule has 12 atom stereocenters. The third-order valence-electron chi connectivity index (χ3n) is 19.6. The molecular weight excluding hydrogens is 1120 g/mol. The number of aliphatic hydroxyl groups excluding tert-OH is 8. The molecule has 14 nitrogen and oxygen atoms in total. The van der Waals surface area contributed by atoms with Gasteiger partial charge in [0.1, 0.15) is 48.8 Å². The number of unbranched alkanes of at least 4 members (excludes halogenated alkanes) is 53. The fraction of sp³-hybridized carbons (Fsp3) is 0.987. The van der Waals surface area contributed by atoms with Crippen molar-refractivity contribution in [1.29, 1.82) is 0 Å². The lowest BCUT2D eigenvalue weighted by atomic mass is 9.97. The largest absolute Gasteiger partial charge is 0.394 e. The maximum atomic E-state index is 13.4. The summed E-state index contributed by atoms with van der Waals surface area (Å²) in [5.74, 6) is -0.196. The Morgan fingerprint density at radius 2 is 0.640 bits per heavy atom. The van der Waals surface area contributed by atoms with E-state index < -0.39 is 86.8 Å². The Bertz CT molecular complexity index is 1500. The van der Waals surface area contributed by atoms with E-state index in [1.165, 1.54) is 302 Å². The van der Waals surface area contributed by atoms with Gasteiger partial charge in [0.2, 0.25) is 5.91 Å². The van der Waals surface area contributed by atoms with E-state index in [0.717, 1.165) is 51.4 Å². The summed E-state index contributed by atoms with van der Waals surface area (Å²) >= 11 is 0. The molecule has 89 heavy (non-hydrogen) atoms. The lowest BCUT2D eigenvalue weighted by Crippen LogP contribution is -2.65. The van der Waals surface area contributed by atoms with Crippen molar-refractivity contribution in [3.8, 4) is 0 Å².